The van der Waals surface area contributed by atoms with E-state index in [1.807, 2.05) is 0 Å². The first-order valence-corrected chi connectivity index (χ1v) is 6.42. The molecule has 0 radical (unpaired) electrons. The van der Waals surface area contributed by atoms with Crippen molar-refractivity contribution in [1.29, 1.82) is 0 Å². The van der Waals surface area contributed by atoms with Gasteiger partial charge in [-0.3, -0.25) is 0 Å². The largest absolute Gasteiger partial charge is 0.497 e. The minimum atomic E-state index is -1.56. The molecule has 0 amide bonds. The Bertz CT molecular complexity index is 662. The maximum Gasteiger partial charge on any atom is 0.194 e. The summed E-state index contributed by atoms with van der Waals surface area (Å²) in [5, 5.41) is -1.05. The van der Waals surface area contributed by atoms with Gasteiger partial charge in [-0.25, -0.2) is 13.2 Å². The van der Waals surface area contributed by atoms with E-state index in [4.69, 9.17) is 21.1 Å². The second kappa shape index (κ2) is 6.26. The van der Waals surface area contributed by atoms with E-state index >= 15 is 0 Å². The molecule has 2 aromatic rings. The molecule has 0 aliphatic heterocycles. The smallest absolute Gasteiger partial charge is 0.194 e. The summed E-state index contributed by atoms with van der Waals surface area (Å²) in [6, 6.07) is 6.73. The van der Waals surface area contributed by atoms with Crippen molar-refractivity contribution in [2.24, 2.45) is 0 Å². The quantitative estimate of drug-likeness (QED) is 0.613. The molecule has 2 rings (SSSR count). The van der Waals surface area contributed by atoms with Crippen molar-refractivity contribution >= 4 is 11.6 Å². The van der Waals surface area contributed by atoms with E-state index in [-0.39, 0.29) is 5.56 Å². The van der Waals surface area contributed by atoms with Crippen molar-refractivity contribution in [2.75, 3.05) is 14.2 Å². The molecule has 0 N–H and O–H groups in total. The fourth-order valence-electron chi connectivity index (χ4n) is 1.94. The lowest BCUT2D eigenvalue weighted by Crippen LogP contribution is -2.03. The third kappa shape index (κ3) is 2.93. The van der Waals surface area contributed by atoms with Crippen LogP contribution in [0.5, 0.6) is 11.5 Å². The van der Waals surface area contributed by atoms with Crippen LogP contribution in [-0.2, 0) is 0 Å². The van der Waals surface area contributed by atoms with Crippen molar-refractivity contribution in [3.63, 3.8) is 0 Å². The highest BCUT2D eigenvalue weighted by molar-refractivity contribution is 6.22. The Balaban J connectivity index is 2.54. The Morgan fingerprint density at radius 1 is 0.905 bits per heavy atom. The van der Waals surface area contributed by atoms with Gasteiger partial charge in [-0.15, -0.1) is 11.6 Å². The molecular formula is C15H12ClF3O2. The maximum absolute atomic E-state index is 13.8. The van der Waals surface area contributed by atoms with Crippen molar-refractivity contribution in [3.05, 3.63) is 58.9 Å². The molecule has 0 spiro atoms. The summed E-state index contributed by atoms with van der Waals surface area (Å²) in [6.45, 7) is 0. The molecule has 2 aromatic carbocycles. The highest BCUT2D eigenvalue weighted by Gasteiger charge is 2.23. The molecule has 0 fully saturated rings. The lowest BCUT2D eigenvalue weighted by atomic mass is 10.0. The van der Waals surface area contributed by atoms with Crippen molar-refractivity contribution in [1.82, 2.24) is 0 Å². The molecule has 0 aromatic heterocycles. The number of hydrogen-bond acceptors (Lipinski definition) is 2. The minimum Gasteiger partial charge on any atom is -0.497 e. The van der Waals surface area contributed by atoms with Gasteiger partial charge < -0.3 is 9.47 Å². The lowest BCUT2D eigenvalue weighted by molar-refractivity contribution is 0.398. The van der Waals surface area contributed by atoms with E-state index in [0.717, 1.165) is 12.1 Å². The number of halogens is 4. The van der Waals surface area contributed by atoms with Crippen LogP contribution >= 0.6 is 11.6 Å². The molecule has 0 saturated heterocycles. The van der Waals surface area contributed by atoms with E-state index in [2.05, 4.69) is 0 Å². The molecule has 0 bridgehead atoms. The van der Waals surface area contributed by atoms with E-state index < -0.39 is 22.8 Å². The van der Waals surface area contributed by atoms with Gasteiger partial charge in [-0.2, -0.15) is 0 Å². The average molecular weight is 317 g/mol. The standard InChI is InChI=1S/C15H12ClF3O2/c1-20-8-3-6-12(21-2)10(7-8)13(16)9-4-5-11(17)15(19)14(9)18/h3-7,13H,1-2H3. The van der Waals surface area contributed by atoms with Gasteiger partial charge in [0.1, 0.15) is 11.5 Å². The van der Waals surface area contributed by atoms with Crippen LogP contribution in [0, 0.1) is 17.5 Å². The van der Waals surface area contributed by atoms with Gasteiger partial charge in [0.2, 0.25) is 0 Å². The predicted molar refractivity (Wildman–Crippen MR) is 73.6 cm³/mol. The molecule has 6 heteroatoms. The monoisotopic (exact) mass is 316 g/mol. The van der Waals surface area contributed by atoms with Crippen LogP contribution in [0.25, 0.3) is 0 Å². The number of alkyl halides is 1. The van der Waals surface area contributed by atoms with Crippen LogP contribution in [0.2, 0.25) is 0 Å². The van der Waals surface area contributed by atoms with Crippen LogP contribution < -0.4 is 9.47 Å². The Hall–Kier alpha value is -1.88. The first kappa shape index (κ1) is 15.5. The van der Waals surface area contributed by atoms with Gasteiger partial charge >= 0.3 is 0 Å². The molecule has 1 atom stereocenters. The first-order chi connectivity index (χ1) is 9.99. The zero-order chi connectivity index (χ0) is 15.6. The summed E-state index contributed by atoms with van der Waals surface area (Å²) in [6.07, 6.45) is 0. The fourth-order valence-corrected chi connectivity index (χ4v) is 2.28. The fraction of sp³-hybridized carbons (Fsp3) is 0.200. The first-order valence-electron chi connectivity index (χ1n) is 5.99. The van der Waals surface area contributed by atoms with E-state index in [1.165, 1.54) is 14.2 Å². The van der Waals surface area contributed by atoms with Crippen molar-refractivity contribution < 1.29 is 22.6 Å². The Morgan fingerprint density at radius 3 is 2.24 bits per heavy atom. The van der Waals surface area contributed by atoms with E-state index in [1.54, 1.807) is 18.2 Å². The summed E-state index contributed by atoms with van der Waals surface area (Å²) < 4.78 is 50.4. The SMILES string of the molecule is COc1ccc(OC)c(C(Cl)c2ccc(F)c(F)c2F)c1. The minimum absolute atomic E-state index is 0.179. The summed E-state index contributed by atoms with van der Waals surface area (Å²) in [5.74, 6) is -3.27. The molecule has 0 saturated carbocycles. The van der Waals surface area contributed by atoms with Crippen LogP contribution in [0.4, 0.5) is 13.2 Å². The Kier molecular flexibility index (Phi) is 4.63. The second-order valence-corrected chi connectivity index (χ2v) is 4.67. The second-order valence-electron chi connectivity index (χ2n) is 4.24. The maximum atomic E-state index is 13.8. The lowest BCUT2D eigenvalue weighted by Gasteiger charge is -2.16. The van der Waals surface area contributed by atoms with Crippen molar-refractivity contribution in [2.45, 2.75) is 5.38 Å². The van der Waals surface area contributed by atoms with Gasteiger partial charge in [0.25, 0.3) is 0 Å². The Labute approximate surface area is 125 Å². The van der Waals surface area contributed by atoms with Gasteiger partial charge in [-0.05, 0) is 24.3 Å². The van der Waals surface area contributed by atoms with Gasteiger partial charge in [0.05, 0.1) is 19.6 Å². The van der Waals surface area contributed by atoms with Crippen LogP contribution in [0.1, 0.15) is 16.5 Å². The number of rotatable bonds is 4. The molecule has 0 aliphatic rings. The highest BCUT2D eigenvalue weighted by Crippen LogP contribution is 2.38. The summed E-state index contributed by atoms with van der Waals surface area (Å²) in [5.41, 5.74) is 0.213. The normalized spacial score (nSPS) is 12.1. The molecule has 112 valence electrons. The van der Waals surface area contributed by atoms with Gasteiger partial charge in [0, 0.05) is 11.1 Å². The number of methoxy groups -OCH3 is 2. The third-order valence-electron chi connectivity index (χ3n) is 3.05. The van der Waals surface area contributed by atoms with Gasteiger partial charge in [-0.1, -0.05) is 6.07 Å². The van der Waals surface area contributed by atoms with Gasteiger partial charge in [0.15, 0.2) is 17.5 Å². The third-order valence-corrected chi connectivity index (χ3v) is 3.52. The highest BCUT2D eigenvalue weighted by atomic mass is 35.5. The molecule has 2 nitrogen and oxygen atoms in total. The zero-order valence-corrected chi connectivity index (χ0v) is 12.0. The molecule has 0 aliphatic carbocycles. The molecular weight excluding hydrogens is 305 g/mol. The summed E-state index contributed by atoms with van der Waals surface area (Å²) in [7, 11) is 2.89. The predicted octanol–water partition coefficient (Wildman–Crippen LogP) is 4.45. The summed E-state index contributed by atoms with van der Waals surface area (Å²) in [4.78, 5) is 0. The Morgan fingerprint density at radius 2 is 1.62 bits per heavy atom. The molecule has 1 unspecified atom stereocenters. The van der Waals surface area contributed by atoms with E-state index in [0.29, 0.717) is 17.1 Å². The number of ether oxygens (including phenoxy) is 2. The van der Waals surface area contributed by atoms with Crippen molar-refractivity contribution in [3.8, 4) is 11.5 Å². The summed E-state index contributed by atoms with van der Waals surface area (Å²) >= 11 is 6.21. The molecule has 0 heterocycles. The average Bonchev–Trinajstić information content (AvgIpc) is 2.51. The zero-order valence-electron chi connectivity index (χ0n) is 11.3. The van der Waals surface area contributed by atoms with Crippen LogP contribution in [0.3, 0.4) is 0 Å². The van der Waals surface area contributed by atoms with Crippen LogP contribution in [0.15, 0.2) is 30.3 Å². The number of hydrogen-bond donors (Lipinski definition) is 0. The molecule has 21 heavy (non-hydrogen) atoms. The topological polar surface area (TPSA) is 18.5 Å². The van der Waals surface area contributed by atoms with Crippen LogP contribution in [-0.4, -0.2) is 14.2 Å². The number of benzene rings is 2. The van der Waals surface area contributed by atoms with E-state index in [9.17, 15) is 13.2 Å².